The highest BCUT2D eigenvalue weighted by Crippen LogP contribution is 2.30. The van der Waals surface area contributed by atoms with Gasteiger partial charge < -0.3 is 5.32 Å². The molecule has 0 aliphatic carbocycles. The second-order valence-electron chi connectivity index (χ2n) is 6.16. The molecule has 6 heteroatoms. The van der Waals surface area contributed by atoms with Crippen molar-refractivity contribution in [1.82, 2.24) is 15.1 Å². The lowest BCUT2D eigenvalue weighted by Crippen LogP contribution is -2.49. The zero-order valence-corrected chi connectivity index (χ0v) is 12.6. The SMILES string of the molecule is FC(F)(F)c1cccc(CN2CCC(N3CCNCC3)C2)c1. The van der Waals surface area contributed by atoms with E-state index in [1.165, 1.54) is 12.1 Å². The molecule has 122 valence electrons. The van der Waals surface area contributed by atoms with E-state index in [4.69, 9.17) is 0 Å². The van der Waals surface area contributed by atoms with Crippen LogP contribution in [0.15, 0.2) is 24.3 Å². The van der Waals surface area contributed by atoms with Gasteiger partial charge in [0.15, 0.2) is 0 Å². The normalized spacial score (nSPS) is 24.8. The van der Waals surface area contributed by atoms with Gasteiger partial charge in [-0.15, -0.1) is 0 Å². The smallest absolute Gasteiger partial charge is 0.314 e. The number of benzene rings is 1. The van der Waals surface area contributed by atoms with Crippen LogP contribution in [0.2, 0.25) is 0 Å². The van der Waals surface area contributed by atoms with Gasteiger partial charge in [-0.1, -0.05) is 18.2 Å². The summed E-state index contributed by atoms with van der Waals surface area (Å²) >= 11 is 0. The number of nitrogens with one attached hydrogen (secondary N) is 1. The zero-order chi connectivity index (χ0) is 15.6. The van der Waals surface area contributed by atoms with Gasteiger partial charge >= 0.3 is 6.18 Å². The van der Waals surface area contributed by atoms with Crippen LogP contribution in [0.4, 0.5) is 13.2 Å². The number of hydrogen-bond acceptors (Lipinski definition) is 3. The van der Waals surface area contributed by atoms with E-state index in [-0.39, 0.29) is 0 Å². The lowest BCUT2D eigenvalue weighted by molar-refractivity contribution is -0.137. The van der Waals surface area contributed by atoms with Crippen molar-refractivity contribution in [3.8, 4) is 0 Å². The Kier molecular flexibility index (Phi) is 4.70. The molecule has 0 radical (unpaired) electrons. The molecular weight excluding hydrogens is 291 g/mol. The van der Waals surface area contributed by atoms with Gasteiger partial charge in [-0.3, -0.25) is 9.80 Å². The topological polar surface area (TPSA) is 18.5 Å². The third kappa shape index (κ3) is 3.80. The number of piperazine rings is 1. The summed E-state index contributed by atoms with van der Waals surface area (Å²) in [5.41, 5.74) is 0.193. The van der Waals surface area contributed by atoms with Crippen molar-refractivity contribution in [2.75, 3.05) is 39.3 Å². The number of hydrogen-bond donors (Lipinski definition) is 1. The van der Waals surface area contributed by atoms with Gasteiger partial charge in [-0.05, 0) is 18.1 Å². The van der Waals surface area contributed by atoms with Gasteiger partial charge in [0.1, 0.15) is 0 Å². The van der Waals surface area contributed by atoms with E-state index in [0.717, 1.165) is 57.3 Å². The van der Waals surface area contributed by atoms with Crippen LogP contribution in [0.25, 0.3) is 0 Å². The highest BCUT2D eigenvalue weighted by Gasteiger charge is 2.31. The molecule has 1 aromatic carbocycles. The van der Waals surface area contributed by atoms with Crippen LogP contribution in [0.1, 0.15) is 17.5 Å². The first-order valence-electron chi connectivity index (χ1n) is 7.85. The van der Waals surface area contributed by atoms with Crippen LogP contribution < -0.4 is 5.32 Å². The molecule has 0 spiro atoms. The monoisotopic (exact) mass is 313 g/mol. The second kappa shape index (κ2) is 6.56. The minimum Gasteiger partial charge on any atom is -0.314 e. The van der Waals surface area contributed by atoms with Crippen molar-refractivity contribution in [3.63, 3.8) is 0 Å². The standard InChI is InChI=1S/C16H22F3N3/c17-16(18,19)14-3-1-2-13(10-14)11-21-7-4-15(12-21)22-8-5-20-6-9-22/h1-3,10,15,20H,4-9,11-12H2. The molecule has 3 nitrogen and oxygen atoms in total. The molecule has 0 amide bonds. The fraction of sp³-hybridized carbons (Fsp3) is 0.625. The van der Waals surface area contributed by atoms with Crippen LogP contribution in [0.3, 0.4) is 0 Å². The van der Waals surface area contributed by atoms with Gasteiger partial charge in [-0.2, -0.15) is 13.2 Å². The maximum Gasteiger partial charge on any atom is 0.416 e. The Morgan fingerprint density at radius 1 is 1.14 bits per heavy atom. The Labute approximate surface area is 129 Å². The number of halogens is 3. The van der Waals surface area contributed by atoms with Gasteiger partial charge in [0.2, 0.25) is 0 Å². The van der Waals surface area contributed by atoms with E-state index >= 15 is 0 Å². The van der Waals surface area contributed by atoms with E-state index in [1.807, 2.05) is 0 Å². The predicted molar refractivity (Wildman–Crippen MR) is 79.6 cm³/mol. The van der Waals surface area contributed by atoms with Crippen molar-refractivity contribution in [2.24, 2.45) is 0 Å². The number of nitrogens with zero attached hydrogens (tertiary/aromatic N) is 2. The summed E-state index contributed by atoms with van der Waals surface area (Å²) < 4.78 is 38.3. The maximum atomic E-state index is 12.8. The lowest BCUT2D eigenvalue weighted by atomic mass is 10.1. The first-order valence-corrected chi connectivity index (χ1v) is 7.85. The number of rotatable bonds is 3. The molecule has 3 rings (SSSR count). The average Bonchev–Trinajstić information content (AvgIpc) is 2.96. The molecule has 0 bridgehead atoms. The van der Waals surface area contributed by atoms with Crippen LogP contribution in [0.5, 0.6) is 0 Å². The molecule has 2 aliphatic rings. The minimum absolute atomic E-state index is 0.549. The van der Waals surface area contributed by atoms with Gasteiger partial charge in [0, 0.05) is 51.9 Å². The summed E-state index contributed by atoms with van der Waals surface area (Å²) in [5, 5.41) is 3.35. The zero-order valence-electron chi connectivity index (χ0n) is 12.6. The van der Waals surface area contributed by atoms with E-state index in [1.54, 1.807) is 6.07 Å². The fourth-order valence-corrected chi connectivity index (χ4v) is 3.41. The highest BCUT2D eigenvalue weighted by atomic mass is 19.4. The molecule has 0 saturated carbocycles. The Morgan fingerprint density at radius 2 is 1.91 bits per heavy atom. The third-order valence-electron chi connectivity index (χ3n) is 4.58. The van der Waals surface area contributed by atoms with E-state index in [2.05, 4.69) is 15.1 Å². The van der Waals surface area contributed by atoms with E-state index in [9.17, 15) is 13.2 Å². The molecule has 1 unspecified atom stereocenters. The molecule has 1 N–H and O–H groups in total. The summed E-state index contributed by atoms with van der Waals surface area (Å²) in [6.45, 7) is 6.73. The number of likely N-dealkylation sites (tertiary alicyclic amines) is 1. The molecule has 1 atom stereocenters. The minimum atomic E-state index is -4.26. The van der Waals surface area contributed by atoms with Gasteiger partial charge in [0.25, 0.3) is 0 Å². The molecule has 2 heterocycles. The van der Waals surface area contributed by atoms with Gasteiger partial charge in [0.05, 0.1) is 5.56 Å². The number of alkyl halides is 3. The highest BCUT2D eigenvalue weighted by molar-refractivity contribution is 5.25. The van der Waals surface area contributed by atoms with Crippen LogP contribution in [-0.4, -0.2) is 55.1 Å². The molecule has 0 aromatic heterocycles. The van der Waals surface area contributed by atoms with E-state index in [0.29, 0.717) is 12.6 Å². The fourth-order valence-electron chi connectivity index (χ4n) is 3.41. The summed E-state index contributed by atoms with van der Waals surface area (Å²) in [6, 6.07) is 6.25. The Morgan fingerprint density at radius 3 is 2.64 bits per heavy atom. The molecular formula is C16H22F3N3. The first-order chi connectivity index (χ1) is 10.5. The third-order valence-corrected chi connectivity index (χ3v) is 4.58. The van der Waals surface area contributed by atoms with Crippen LogP contribution in [0, 0.1) is 0 Å². The Bertz CT molecular complexity index is 498. The van der Waals surface area contributed by atoms with Crippen molar-refractivity contribution in [2.45, 2.75) is 25.2 Å². The van der Waals surface area contributed by atoms with Crippen molar-refractivity contribution in [1.29, 1.82) is 0 Å². The van der Waals surface area contributed by atoms with Crippen molar-refractivity contribution in [3.05, 3.63) is 35.4 Å². The summed E-state index contributed by atoms with van der Waals surface area (Å²) in [7, 11) is 0. The Balaban J connectivity index is 1.58. The summed E-state index contributed by atoms with van der Waals surface area (Å²) in [5.74, 6) is 0. The van der Waals surface area contributed by atoms with Crippen LogP contribution >= 0.6 is 0 Å². The van der Waals surface area contributed by atoms with E-state index < -0.39 is 11.7 Å². The van der Waals surface area contributed by atoms with Crippen LogP contribution in [-0.2, 0) is 12.7 Å². The summed E-state index contributed by atoms with van der Waals surface area (Å²) in [4.78, 5) is 4.77. The molecule has 1 aromatic rings. The molecule has 2 fully saturated rings. The quantitative estimate of drug-likeness (QED) is 0.923. The largest absolute Gasteiger partial charge is 0.416 e. The molecule has 2 saturated heterocycles. The maximum absolute atomic E-state index is 12.8. The average molecular weight is 313 g/mol. The first kappa shape index (κ1) is 15.8. The molecule has 2 aliphatic heterocycles. The summed E-state index contributed by atoms with van der Waals surface area (Å²) in [6.07, 6.45) is -3.15. The van der Waals surface area contributed by atoms with Crippen molar-refractivity contribution < 1.29 is 13.2 Å². The van der Waals surface area contributed by atoms with Gasteiger partial charge in [-0.25, -0.2) is 0 Å². The second-order valence-corrected chi connectivity index (χ2v) is 6.16. The Hall–Kier alpha value is -1.11. The predicted octanol–water partition coefficient (Wildman–Crippen LogP) is 2.18. The lowest BCUT2D eigenvalue weighted by Gasteiger charge is -2.32. The molecule has 22 heavy (non-hydrogen) atoms. The van der Waals surface area contributed by atoms with Crippen molar-refractivity contribution >= 4 is 0 Å².